The maximum absolute atomic E-state index is 12.7. The largest absolute Gasteiger partial charge is 0.477 e. The molecule has 164 valence electrons. The van der Waals surface area contributed by atoms with Crippen LogP contribution in [0.2, 0.25) is 0 Å². The number of thioether (sulfide) groups is 2. The van der Waals surface area contributed by atoms with Gasteiger partial charge in [0.1, 0.15) is 22.9 Å². The highest BCUT2D eigenvalue weighted by atomic mass is 32.2. The predicted molar refractivity (Wildman–Crippen MR) is 123 cm³/mol. The molecule has 2 aliphatic rings. The highest BCUT2D eigenvalue weighted by Crippen LogP contribution is 2.42. The zero-order chi connectivity index (χ0) is 22.1. The lowest BCUT2D eigenvalue weighted by atomic mass is 10.0. The molecule has 2 aromatic rings. The van der Waals surface area contributed by atoms with Gasteiger partial charge in [-0.05, 0) is 23.9 Å². The van der Waals surface area contributed by atoms with Crippen molar-refractivity contribution in [2.24, 2.45) is 0 Å². The van der Waals surface area contributed by atoms with Crippen LogP contribution < -0.4 is 5.32 Å². The lowest BCUT2D eigenvalue weighted by Gasteiger charge is -2.49. The Bertz CT molecular complexity index is 1080. The monoisotopic (exact) mass is 515 g/mol. The summed E-state index contributed by atoms with van der Waals surface area (Å²) in [5.41, 5.74) is 3.31. The van der Waals surface area contributed by atoms with Crippen molar-refractivity contribution in [3.05, 3.63) is 40.0 Å². The van der Waals surface area contributed by atoms with Gasteiger partial charge in [0, 0.05) is 11.5 Å². The average Bonchev–Trinajstić information content (AvgIpc) is 3.41. The smallest absolute Gasteiger partial charge is 0.352 e. The van der Waals surface area contributed by atoms with Crippen LogP contribution >= 0.6 is 46.2 Å². The van der Waals surface area contributed by atoms with Crippen molar-refractivity contribution < 1.29 is 23.7 Å². The van der Waals surface area contributed by atoms with Crippen molar-refractivity contribution >= 4 is 74.8 Å². The number of aliphatic carboxylic acids is 1. The number of fused-ring (bicyclic) bond motifs is 1. The number of amides is 2. The van der Waals surface area contributed by atoms with Gasteiger partial charge in [-0.3, -0.25) is 18.7 Å². The van der Waals surface area contributed by atoms with E-state index in [-0.39, 0.29) is 11.4 Å². The molecule has 0 spiro atoms. The standard InChI is InChI=1S/C18H17N3O5S5/c1-9-18(30-8-19-9)29-6-10-5-28-16-13(15(23)21(16)14(10)17(24)25)20-11(22)7-31(26)12-3-2-4-27-12/h2-4,8,13,16H,5-7H2,1H3,(H,20,22)(H,24,25). The topological polar surface area (TPSA) is 117 Å². The number of nitrogens with one attached hydrogen (secondary N) is 1. The predicted octanol–water partition coefficient (Wildman–Crippen LogP) is 2.15. The fourth-order valence-corrected chi connectivity index (χ4v) is 8.48. The summed E-state index contributed by atoms with van der Waals surface area (Å²) in [5.74, 6) is -1.44. The minimum Gasteiger partial charge on any atom is -0.477 e. The fraction of sp³-hybridized carbons (Fsp3) is 0.333. The van der Waals surface area contributed by atoms with Crippen molar-refractivity contribution in [1.82, 2.24) is 15.2 Å². The van der Waals surface area contributed by atoms with Gasteiger partial charge in [0.15, 0.2) is 0 Å². The minimum absolute atomic E-state index is 0.00363. The molecule has 3 atom stereocenters. The first kappa shape index (κ1) is 22.5. The van der Waals surface area contributed by atoms with E-state index in [1.54, 1.807) is 23.0 Å². The second kappa shape index (κ2) is 9.45. The normalized spacial score (nSPS) is 21.5. The van der Waals surface area contributed by atoms with Gasteiger partial charge < -0.3 is 10.4 Å². The van der Waals surface area contributed by atoms with Gasteiger partial charge in [0.2, 0.25) is 5.91 Å². The molecule has 2 aromatic heterocycles. The molecule has 2 aliphatic heterocycles. The van der Waals surface area contributed by atoms with Crippen molar-refractivity contribution in [2.75, 3.05) is 17.3 Å². The Morgan fingerprint density at radius 3 is 2.87 bits per heavy atom. The van der Waals surface area contributed by atoms with E-state index in [0.29, 0.717) is 21.3 Å². The van der Waals surface area contributed by atoms with Crippen LogP contribution in [0.25, 0.3) is 0 Å². The van der Waals surface area contributed by atoms with Crippen molar-refractivity contribution in [1.29, 1.82) is 0 Å². The summed E-state index contributed by atoms with van der Waals surface area (Å²) in [7, 11) is -1.47. The number of aryl methyl sites for hydroxylation is 1. The first-order valence-electron chi connectivity index (χ1n) is 9.01. The molecule has 3 unspecified atom stereocenters. The second-order valence-electron chi connectivity index (χ2n) is 6.65. The molecule has 13 heteroatoms. The number of aromatic nitrogens is 1. The van der Waals surface area contributed by atoms with E-state index in [1.807, 2.05) is 6.92 Å². The number of nitrogens with zero attached hydrogens (tertiary/aromatic N) is 2. The van der Waals surface area contributed by atoms with Crippen LogP contribution in [-0.2, 0) is 25.2 Å². The average molecular weight is 516 g/mol. The van der Waals surface area contributed by atoms with E-state index in [2.05, 4.69) is 10.3 Å². The van der Waals surface area contributed by atoms with Gasteiger partial charge in [-0.1, -0.05) is 6.07 Å². The molecular weight excluding hydrogens is 499 g/mol. The zero-order valence-electron chi connectivity index (χ0n) is 16.1. The van der Waals surface area contributed by atoms with Gasteiger partial charge >= 0.3 is 5.97 Å². The Morgan fingerprint density at radius 2 is 2.23 bits per heavy atom. The molecule has 0 saturated carbocycles. The molecule has 0 radical (unpaired) electrons. The van der Waals surface area contributed by atoms with E-state index < -0.39 is 40.0 Å². The molecule has 0 aliphatic carbocycles. The molecule has 4 heterocycles. The molecular formula is C18H17N3O5S5. The Kier molecular flexibility index (Phi) is 6.86. The summed E-state index contributed by atoms with van der Waals surface area (Å²) in [4.78, 5) is 42.4. The summed E-state index contributed by atoms with van der Waals surface area (Å²) in [6.07, 6.45) is 0. The van der Waals surface area contributed by atoms with E-state index >= 15 is 0 Å². The summed E-state index contributed by atoms with van der Waals surface area (Å²) in [5, 5.41) is 13.7. The minimum atomic E-state index is -1.47. The van der Waals surface area contributed by atoms with E-state index in [1.165, 1.54) is 51.1 Å². The molecule has 0 bridgehead atoms. The lowest BCUT2D eigenvalue weighted by Crippen LogP contribution is -2.70. The van der Waals surface area contributed by atoms with Crippen molar-refractivity contribution in [3.63, 3.8) is 0 Å². The Hall–Kier alpha value is -1.67. The number of β-lactam (4-membered cyclic amide) rings is 1. The summed E-state index contributed by atoms with van der Waals surface area (Å²) in [6.45, 7) is 1.90. The molecule has 4 rings (SSSR count). The first-order chi connectivity index (χ1) is 14.9. The first-order valence-corrected chi connectivity index (χ1v) is 14.1. The highest BCUT2D eigenvalue weighted by molar-refractivity contribution is 8.02. The fourth-order valence-electron chi connectivity index (χ4n) is 3.18. The molecule has 1 fully saturated rings. The molecule has 0 aromatic carbocycles. The van der Waals surface area contributed by atoms with Crippen LogP contribution in [0.15, 0.2) is 42.7 Å². The Labute approximate surface area is 197 Å². The maximum Gasteiger partial charge on any atom is 0.352 e. The van der Waals surface area contributed by atoms with Gasteiger partial charge in [-0.2, -0.15) is 0 Å². The van der Waals surface area contributed by atoms with Crippen molar-refractivity contribution in [3.8, 4) is 0 Å². The van der Waals surface area contributed by atoms with E-state index in [4.69, 9.17) is 0 Å². The van der Waals surface area contributed by atoms with E-state index in [9.17, 15) is 23.7 Å². The number of carboxylic acids is 1. The number of carbonyl (C=O) groups is 3. The van der Waals surface area contributed by atoms with Crippen molar-refractivity contribution in [2.45, 2.75) is 26.8 Å². The van der Waals surface area contributed by atoms with E-state index in [0.717, 1.165) is 9.90 Å². The van der Waals surface area contributed by atoms with Gasteiger partial charge in [0.25, 0.3) is 5.91 Å². The Morgan fingerprint density at radius 1 is 1.42 bits per heavy atom. The van der Waals surface area contributed by atoms with Crippen LogP contribution in [-0.4, -0.2) is 65.7 Å². The number of hydrogen-bond donors (Lipinski definition) is 2. The highest BCUT2D eigenvalue weighted by Gasteiger charge is 2.54. The van der Waals surface area contributed by atoms with Crippen LogP contribution in [0.3, 0.4) is 0 Å². The number of thiazole rings is 1. The Balaban J connectivity index is 1.42. The number of carboxylic acid groups (broad SMARTS) is 1. The quantitative estimate of drug-likeness (QED) is 0.406. The van der Waals surface area contributed by atoms with Crippen LogP contribution in [0.4, 0.5) is 0 Å². The molecule has 8 nitrogen and oxygen atoms in total. The molecule has 1 saturated heterocycles. The zero-order valence-corrected chi connectivity index (χ0v) is 20.2. The lowest BCUT2D eigenvalue weighted by molar-refractivity contribution is -0.150. The summed E-state index contributed by atoms with van der Waals surface area (Å²) >= 11 is 5.73. The molecule has 31 heavy (non-hydrogen) atoms. The van der Waals surface area contributed by atoms with Crippen LogP contribution in [0.5, 0.6) is 0 Å². The number of thiophene rings is 1. The summed E-state index contributed by atoms with van der Waals surface area (Å²) < 4.78 is 13.8. The second-order valence-corrected chi connectivity index (χ2v) is 12.5. The van der Waals surface area contributed by atoms with Gasteiger partial charge in [-0.15, -0.1) is 46.2 Å². The third-order valence-corrected chi connectivity index (χ3v) is 11.0. The third kappa shape index (κ3) is 4.60. The van der Waals surface area contributed by atoms with Crippen LogP contribution in [0.1, 0.15) is 5.69 Å². The number of hydrogen-bond acceptors (Lipinski definition) is 9. The molecule has 2 N–H and O–H groups in total. The summed E-state index contributed by atoms with van der Waals surface area (Å²) in [6, 6.07) is 2.64. The van der Waals surface area contributed by atoms with Gasteiger partial charge in [-0.25, -0.2) is 9.78 Å². The SMILES string of the molecule is Cc1ncsc1SCC1=C(C(=O)O)N2C(=O)C(NC(=O)CS(=O)c3cccs3)C2SC1. The number of rotatable bonds is 8. The molecule has 2 amide bonds. The van der Waals surface area contributed by atoms with Gasteiger partial charge in [0.05, 0.1) is 30.4 Å². The maximum atomic E-state index is 12.7. The van der Waals surface area contributed by atoms with Crippen LogP contribution in [0, 0.1) is 6.92 Å². The third-order valence-electron chi connectivity index (χ3n) is 4.63. The number of carbonyl (C=O) groups excluding carboxylic acids is 2.